The molecule has 0 aliphatic carbocycles. The molecule has 0 spiro atoms. The van der Waals surface area contributed by atoms with Gasteiger partial charge in [0.05, 0.1) is 5.69 Å². The van der Waals surface area contributed by atoms with Gasteiger partial charge in [-0.25, -0.2) is 9.97 Å². The zero-order valence-electron chi connectivity index (χ0n) is 13.1. The quantitative estimate of drug-likeness (QED) is 0.863. The lowest BCUT2D eigenvalue weighted by atomic mass is 10.1. The first-order chi connectivity index (χ1) is 10.7. The molecule has 2 aromatic rings. The van der Waals surface area contributed by atoms with Crippen LogP contribution >= 0.6 is 0 Å². The molecule has 6 nitrogen and oxygen atoms in total. The molecule has 6 heteroatoms. The van der Waals surface area contributed by atoms with E-state index in [0.29, 0.717) is 12.1 Å². The first-order valence-electron chi connectivity index (χ1n) is 7.93. The molecule has 0 N–H and O–H groups in total. The molecule has 22 heavy (non-hydrogen) atoms. The second kappa shape index (κ2) is 5.35. The summed E-state index contributed by atoms with van der Waals surface area (Å²) in [7, 11) is 0. The highest BCUT2D eigenvalue weighted by molar-refractivity contribution is 5.35. The van der Waals surface area contributed by atoms with Crippen LogP contribution in [-0.2, 0) is 6.54 Å². The van der Waals surface area contributed by atoms with E-state index in [-0.39, 0.29) is 0 Å². The van der Waals surface area contributed by atoms with Gasteiger partial charge in [-0.2, -0.15) is 0 Å². The van der Waals surface area contributed by atoms with Crippen molar-refractivity contribution in [3.8, 4) is 0 Å². The van der Waals surface area contributed by atoms with E-state index in [9.17, 15) is 0 Å². The molecule has 2 atom stereocenters. The van der Waals surface area contributed by atoms with E-state index in [1.807, 2.05) is 32.3 Å². The minimum absolute atomic E-state index is 0.530. The van der Waals surface area contributed by atoms with Gasteiger partial charge in [0.1, 0.15) is 5.76 Å². The third-order valence-electron chi connectivity index (χ3n) is 5.04. The van der Waals surface area contributed by atoms with Crippen LogP contribution in [0.3, 0.4) is 0 Å². The second-order valence-corrected chi connectivity index (χ2v) is 6.23. The summed E-state index contributed by atoms with van der Waals surface area (Å²) in [6.07, 6.45) is 6.00. The van der Waals surface area contributed by atoms with Crippen molar-refractivity contribution in [2.24, 2.45) is 0 Å². The van der Waals surface area contributed by atoms with Crippen molar-refractivity contribution in [3.63, 3.8) is 0 Å². The van der Waals surface area contributed by atoms with Gasteiger partial charge in [-0.1, -0.05) is 5.16 Å². The van der Waals surface area contributed by atoms with Crippen molar-refractivity contribution in [3.05, 3.63) is 35.5 Å². The summed E-state index contributed by atoms with van der Waals surface area (Å²) < 4.78 is 5.30. The number of hydrogen-bond acceptors (Lipinski definition) is 6. The Labute approximate surface area is 130 Å². The van der Waals surface area contributed by atoms with Gasteiger partial charge in [0, 0.05) is 49.7 Å². The predicted molar refractivity (Wildman–Crippen MR) is 82.6 cm³/mol. The molecule has 0 aromatic carbocycles. The van der Waals surface area contributed by atoms with Crippen LogP contribution < -0.4 is 4.90 Å². The van der Waals surface area contributed by atoms with Gasteiger partial charge < -0.3 is 9.42 Å². The van der Waals surface area contributed by atoms with E-state index in [1.165, 1.54) is 18.4 Å². The first-order valence-corrected chi connectivity index (χ1v) is 7.93. The van der Waals surface area contributed by atoms with Crippen molar-refractivity contribution >= 4 is 5.95 Å². The SMILES string of the molecule is Cc1noc(C)c1CN1CC[C@H]2[C@H]1CCN2c1ncccn1. The van der Waals surface area contributed by atoms with E-state index in [4.69, 9.17) is 4.52 Å². The molecular weight excluding hydrogens is 278 g/mol. The minimum atomic E-state index is 0.530. The van der Waals surface area contributed by atoms with Gasteiger partial charge in [0.15, 0.2) is 0 Å². The summed E-state index contributed by atoms with van der Waals surface area (Å²) in [6, 6.07) is 2.98. The molecular formula is C16H21N5O. The van der Waals surface area contributed by atoms with Gasteiger partial charge in [0.25, 0.3) is 0 Å². The number of anilines is 1. The van der Waals surface area contributed by atoms with Crippen molar-refractivity contribution in [2.45, 2.75) is 45.3 Å². The summed E-state index contributed by atoms with van der Waals surface area (Å²) in [4.78, 5) is 13.8. The molecule has 116 valence electrons. The normalized spacial score (nSPS) is 24.9. The number of hydrogen-bond donors (Lipinski definition) is 0. The first kappa shape index (κ1) is 13.7. The maximum Gasteiger partial charge on any atom is 0.225 e. The van der Waals surface area contributed by atoms with E-state index in [1.54, 1.807) is 0 Å². The van der Waals surface area contributed by atoms with Crippen LogP contribution in [0.1, 0.15) is 29.9 Å². The molecule has 4 rings (SSSR count). The third kappa shape index (κ3) is 2.18. The Hall–Kier alpha value is -1.95. The zero-order chi connectivity index (χ0) is 15.1. The number of aryl methyl sites for hydroxylation is 2. The van der Waals surface area contributed by atoms with Crippen LogP contribution in [-0.4, -0.2) is 45.2 Å². The summed E-state index contributed by atoms with van der Waals surface area (Å²) in [6.45, 7) is 7.12. The van der Waals surface area contributed by atoms with E-state index >= 15 is 0 Å². The molecule has 0 unspecified atom stereocenters. The Morgan fingerprint density at radius 2 is 1.91 bits per heavy atom. The standard InChI is InChI=1S/C16H21N5O/c1-11-13(12(2)22-19-11)10-20-8-4-15-14(20)5-9-21(15)16-17-6-3-7-18-16/h3,6-7,14-15H,4-5,8-10H2,1-2H3/t14-,15+/m1/s1. The van der Waals surface area contributed by atoms with Crippen LogP contribution in [0.4, 0.5) is 5.95 Å². The fourth-order valence-corrected chi connectivity index (χ4v) is 3.89. The number of nitrogens with zero attached hydrogens (tertiary/aromatic N) is 5. The van der Waals surface area contributed by atoms with Crippen molar-refractivity contribution in [1.82, 2.24) is 20.0 Å². The molecule has 2 saturated heterocycles. The average molecular weight is 299 g/mol. The molecule has 2 fully saturated rings. The Balaban J connectivity index is 1.51. The average Bonchev–Trinajstić information content (AvgIpc) is 3.20. The Morgan fingerprint density at radius 3 is 2.64 bits per heavy atom. The van der Waals surface area contributed by atoms with E-state index in [2.05, 4.69) is 24.9 Å². The smallest absolute Gasteiger partial charge is 0.225 e. The second-order valence-electron chi connectivity index (χ2n) is 6.23. The molecule has 2 aromatic heterocycles. The number of aromatic nitrogens is 3. The van der Waals surface area contributed by atoms with Gasteiger partial charge in [0.2, 0.25) is 5.95 Å². The molecule has 2 aliphatic heterocycles. The Morgan fingerprint density at radius 1 is 1.14 bits per heavy atom. The van der Waals surface area contributed by atoms with Crippen LogP contribution in [0.5, 0.6) is 0 Å². The van der Waals surface area contributed by atoms with Gasteiger partial charge in [-0.15, -0.1) is 0 Å². The van der Waals surface area contributed by atoms with Crippen molar-refractivity contribution in [1.29, 1.82) is 0 Å². The van der Waals surface area contributed by atoms with Gasteiger partial charge in [-0.05, 0) is 32.8 Å². The summed E-state index contributed by atoms with van der Waals surface area (Å²) >= 11 is 0. The maximum absolute atomic E-state index is 5.30. The van der Waals surface area contributed by atoms with Crippen LogP contribution in [0, 0.1) is 13.8 Å². The topological polar surface area (TPSA) is 58.3 Å². The van der Waals surface area contributed by atoms with Crippen LogP contribution in [0.15, 0.2) is 23.0 Å². The highest BCUT2D eigenvalue weighted by Crippen LogP contribution is 2.34. The highest BCUT2D eigenvalue weighted by atomic mass is 16.5. The highest BCUT2D eigenvalue weighted by Gasteiger charge is 2.43. The fourth-order valence-electron chi connectivity index (χ4n) is 3.89. The lowest BCUT2D eigenvalue weighted by Gasteiger charge is -2.25. The molecule has 0 bridgehead atoms. The predicted octanol–water partition coefficient (Wildman–Crippen LogP) is 1.93. The maximum atomic E-state index is 5.30. The number of fused-ring (bicyclic) bond motifs is 1. The van der Waals surface area contributed by atoms with Crippen LogP contribution in [0.25, 0.3) is 0 Å². The van der Waals surface area contributed by atoms with Crippen molar-refractivity contribution < 1.29 is 4.52 Å². The van der Waals surface area contributed by atoms with Gasteiger partial charge >= 0.3 is 0 Å². The van der Waals surface area contributed by atoms with E-state index in [0.717, 1.165) is 37.0 Å². The Bertz CT molecular complexity index is 636. The molecule has 0 amide bonds. The largest absolute Gasteiger partial charge is 0.361 e. The third-order valence-corrected chi connectivity index (χ3v) is 5.04. The monoisotopic (exact) mass is 299 g/mol. The van der Waals surface area contributed by atoms with Crippen molar-refractivity contribution in [2.75, 3.05) is 18.0 Å². The van der Waals surface area contributed by atoms with Crippen LogP contribution in [0.2, 0.25) is 0 Å². The number of rotatable bonds is 3. The lowest BCUT2D eigenvalue weighted by molar-refractivity contribution is 0.244. The fraction of sp³-hybridized carbons (Fsp3) is 0.562. The summed E-state index contributed by atoms with van der Waals surface area (Å²) in [5, 5.41) is 4.07. The molecule has 4 heterocycles. The van der Waals surface area contributed by atoms with E-state index < -0.39 is 0 Å². The summed E-state index contributed by atoms with van der Waals surface area (Å²) in [5.41, 5.74) is 2.26. The molecule has 2 aliphatic rings. The molecule has 0 radical (unpaired) electrons. The zero-order valence-corrected chi connectivity index (χ0v) is 13.1. The lowest BCUT2D eigenvalue weighted by Crippen LogP contribution is -2.37. The Kier molecular flexibility index (Phi) is 3.33. The molecule has 0 saturated carbocycles. The summed E-state index contributed by atoms with van der Waals surface area (Å²) in [5.74, 6) is 1.82. The van der Waals surface area contributed by atoms with Gasteiger partial charge in [-0.3, -0.25) is 4.90 Å². The number of likely N-dealkylation sites (tertiary alicyclic amines) is 1. The minimum Gasteiger partial charge on any atom is -0.361 e.